The Morgan fingerprint density at radius 1 is 1.24 bits per heavy atom. The van der Waals surface area contributed by atoms with E-state index in [9.17, 15) is 13.2 Å². The fourth-order valence-electron chi connectivity index (χ4n) is 3.18. The molecule has 1 atom stereocenters. The van der Waals surface area contributed by atoms with Crippen LogP contribution in [0.3, 0.4) is 0 Å². The van der Waals surface area contributed by atoms with Crippen LogP contribution in [0.2, 0.25) is 0 Å². The van der Waals surface area contributed by atoms with Crippen molar-refractivity contribution in [2.75, 3.05) is 12.3 Å². The number of amides is 1. The Morgan fingerprint density at radius 3 is 2.72 bits per heavy atom. The lowest BCUT2D eigenvalue weighted by atomic mass is 10.0. The van der Waals surface area contributed by atoms with Gasteiger partial charge in [-0.2, -0.15) is 0 Å². The molecule has 1 unspecified atom stereocenters. The maximum absolute atomic E-state index is 12.9. The average Bonchev–Trinajstić information content (AvgIpc) is 3.44. The Morgan fingerprint density at radius 2 is 2.00 bits per heavy atom. The second kappa shape index (κ2) is 6.15. The molecule has 0 aromatic heterocycles. The number of rotatable bonds is 4. The largest absolute Gasteiger partial charge is 0.345 e. The molecule has 1 amide bonds. The molecule has 1 aliphatic carbocycles. The summed E-state index contributed by atoms with van der Waals surface area (Å²) in [5, 5.41) is 3.08. The van der Waals surface area contributed by atoms with E-state index in [-0.39, 0.29) is 23.5 Å². The maximum atomic E-state index is 12.9. The highest BCUT2D eigenvalue weighted by molar-refractivity contribution is 7.90. The molecular weight excluding hydrogens is 338 g/mol. The third-order valence-corrected chi connectivity index (χ3v) is 5.79. The predicted molar refractivity (Wildman–Crippen MR) is 95.2 cm³/mol. The minimum atomic E-state index is -3.51. The molecule has 6 nitrogen and oxygen atoms in total. The molecule has 1 saturated carbocycles. The van der Waals surface area contributed by atoms with Gasteiger partial charge in [0.1, 0.15) is 0 Å². The number of fused-ring (bicyclic) bond motifs is 1. The number of sulfonamides is 1. The van der Waals surface area contributed by atoms with Crippen molar-refractivity contribution in [3.63, 3.8) is 0 Å². The van der Waals surface area contributed by atoms with Gasteiger partial charge in [-0.1, -0.05) is 30.3 Å². The molecular formula is C18H19N3O3S. The maximum Gasteiger partial charge on any atom is 0.256 e. The molecule has 2 aliphatic heterocycles. The van der Waals surface area contributed by atoms with Crippen LogP contribution in [0, 0.1) is 5.92 Å². The second-order valence-electron chi connectivity index (χ2n) is 6.52. The van der Waals surface area contributed by atoms with Crippen molar-refractivity contribution in [1.82, 2.24) is 10.2 Å². The molecule has 130 valence electrons. The first kappa shape index (κ1) is 16.1. The Balaban J connectivity index is 1.60. The van der Waals surface area contributed by atoms with Gasteiger partial charge in [0, 0.05) is 12.7 Å². The molecule has 4 rings (SSSR count). The summed E-state index contributed by atoms with van der Waals surface area (Å²) in [5.74, 6) is 0.323. The molecule has 0 bridgehead atoms. The monoisotopic (exact) mass is 357 g/mol. The van der Waals surface area contributed by atoms with Gasteiger partial charge in [-0.25, -0.2) is 8.42 Å². The van der Waals surface area contributed by atoms with E-state index in [1.807, 2.05) is 30.3 Å². The molecule has 7 heteroatoms. The summed E-state index contributed by atoms with van der Waals surface area (Å²) >= 11 is 0. The Hall–Kier alpha value is -2.41. The first-order chi connectivity index (χ1) is 12.0. The number of amidine groups is 1. The van der Waals surface area contributed by atoms with Crippen LogP contribution >= 0.6 is 0 Å². The molecule has 0 radical (unpaired) electrons. The Labute approximate surface area is 147 Å². The van der Waals surface area contributed by atoms with Crippen LogP contribution in [0.4, 0.5) is 0 Å². The molecule has 0 saturated heterocycles. The molecule has 25 heavy (non-hydrogen) atoms. The number of hydrogen-bond acceptors (Lipinski definition) is 4. The van der Waals surface area contributed by atoms with E-state index >= 15 is 0 Å². The summed E-state index contributed by atoms with van der Waals surface area (Å²) in [4.78, 5) is 14.6. The zero-order valence-electron chi connectivity index (χ0n) is 13.6. The van der Waals surface area contributed by atoms with Crippen molar-refractivity contribution >= 4 is 21.8 Å². The molecule has 1 aromatic carbocycles. The van der Waals surface area contributed by atoms with Gasteiger partial charge < -0.3 is 10.2 Å². The van der Waals surface area contributed by atoms with Crippen LogP contribution in [-0.2, 0) is 14.8 Å². The number of nitrogens with zero attached hydrogens (tertiary/aromatic N) is 2. The molecule has 3 aliphatic rings. The van der Waals surface area contributed by atoms with Crippen LogP contribution in [0.5, 0.6) is 0 Å². The molecule has 1 aromatic rings. The third kappa shape index (κ3) is 3.37. The number of benzene rings is 1. The first-order valence-electron chi connectivity index (χ1n) is 8.37. The highest BCUT2D eigenvalue weighted by atomic mass is 32.2. The minimum Gasteiger partial charge on any atom is -0.345 e. The van der Waals surface area contributed by atoms with Gasteiger partial charge in [-0.05, 0) is 36.5 Å². The molecule has 1 N–H and O–H groups in total. The van der Waals surface area contributed by atoms with Gasteiger partial charge in [-0.15, -0.1) is 4.40 Å². The highest BCUT2D eigenvalue weighted by Gasteiger charge is 2.36. The highest BCUT2D eigenvalue weighted by Crippen LogP contribution is 2.41. The van der Waals surface area contributed by atoms with Gasteiger partial charge in [0.05, 0.1) is 17.4 Å². The van der Waals surface area contributed by atoms with Crippen LogP contribution in [0.15, 0.2) is 58.7 Å². The van der Waals surface area contributed by atoms with Crippen molar-refractivity contribution in [2.45, 2.75) is 18.9 Å². The summed E-state index contributed by atoms with van der Waals surface area (Å²) in [6.07, 6.45) is 7.29. The summed E-state index contributed by atoms with van der Waals surface area (Å²) in [6.45, 7) is 0.313. The van der Waals surface area contributed by atoms with Gasteiger partial charge in [0.25, 0.3) is 15.9 Å². The summed E-state index contributed by atoms with van der Waals surface area (Å²) in [5.41, 5.74) is 1.37. The van der Waals surface area contributed by atoms with Crippen molar-refractivity contribution < 1.29 is 13.2 Å². The Kier molecular flexibility index (Phi) is 3.95. The molecule has 1 fully saturated rings. The normalized spacial score (nSPS) is 22.5. The van der Waals surface area contributed by atoms with Crippen molar-refractivity contribution in [3.8, 4) is 0 Å². The van der Waals surface area contributed by atoms with Gasteiger partial charge in [0.2, 0.25) is 0 Å². The van der Waals surface area contributed by atoms with Crippen LogP contribution in [0.1, 0.15) is 24.4 Å². The quantitative estimate of drug-likeness (QED) is 0.890. The van der Waals surface area contributed by atoms with E-state index in [4.69, 9.17) is 0 Å². The summed E-state index contributed by atoms with van der Waals surface area (Å²) in [7, 11) is -3.51. The minimum absolute atomic E-state index is 0.0372. The molecule has 2 heterocycles. The van der Waals surface area contributed by atoms with Crippen LogP contribution < -0.4 is 5.32 Å². The SMILES string of the molecule is O=C(NC(c1ccccc1)C1CC1)C1=CC=CN2CCS(=O)(=O)N=C12. The van der Waals surface area contributed by atoms with E-state index in [1.165, 1.54) is 0 Å². The number of carbonyl (C=O) groups excluding carboxylic acids is 1. The Bertz CT molecular complexity index is 883. The summed E-state index contributed by atoms with van der Waals surface area (Å²) < 4.78 is 27.5. The fraction of sp³-hybridized carbons (Fsp3) is 0.333. The number of nitrogens with one attached hydrogen (secondary N) is 1. The first-order valence-corrected chi connectivity index (χ1v) is 9.98. The van der Waals surface area contributed by atoms with Crippen LogP contribution in [-0.4, -0.2) is 37.4 Å². The zero-order valence-corrected chi connectivity index (χ0v) is 14.4. The van der Waals surface area contributed by atoms with Gasteiger partial charge in [-0.3, -0.25) is 4.79 Å². The number of carbonyl (C=O) groups is 1. The molecule has 0 spiro atoms. The second-order valence-corrected chi connectivity index (χ2v) is 8.27. The van der Waals surface area contributed by atoms with E-state index in [1.54, 1.807) is 23.3 Å². The van der Waals surface area contributed by atoms with Crippen LogP contribution in [0.25, 0.3) is 0 Å². The van der Waals surface area contributed by atoms with Gasteiger partial charge >= 0.3 is 0 Å². The van der Waals surface area contributed by atoms with Crippen molar-refractivity contribution in [2.24, 2.45) is 10.3 Å². The summed E-state index contributed by atoms with van der Waals surface area (Å²) in [6, 6.07) is 9.82. The standard InChI is InChI=1S/C18H19N3O3S/c22-18(19-16(14-8-9-14)13-5-2-1-3-6-13)15-7-4-10-21-11-12-25(23,24)20-17(15)21/h1-7,10,14,16H,8-9,11-12H2,(H,19,22). The van der Waals surface area contributed by atoms with E-state index in [2.05, 4.69) is 9.71 Å². The predicted octanol–water partition coefficient (Wildman–Crippen LogP) is 1.75. The lowest BCUT2D eigenvalue weighted by molar-refractivity contribution is -0.117. The average molecular weight is 357 g/mol. The van der Waals surface area contributed by atoms with E-state index in [0.29, 0.717) is 18.0 Å². The lowest BCUT2D eigenvalue weighted by Crippen LogP contribution is -2.43. The van der Waals surface area contributed by atoms with Gasteiger partial charge in [0.15, 0.2) is 5.84 Å². The zero-order chi connectivity index (χ0) is 17.4. The van der Waals surface area contributed by atoms with E-state index in [0.717, 1.165) is 18.4 Å². The van der Waals surface area contributed by atoms with E-state index < -0.39 is 10.0 Å². The lowest BCUT2D eigenvalue weighted by Gasteiger charge is -2.29. The van der Waals surface area contributed by atoms with Crippen molar-refractivity contribution in [1.29, 1.82) is 0 Å². The number of hydrogen-bond donors (Lipinski definition) is 1. The smallest absolute Gasteiger partial charge is 0.256 e. The fourth-order valence-corrected chi connectivity index (χ4v) is 4.16. The number of allylic oxidation sites excluding steroid dienone is 2. The third-order valence-electron chi connectivity index (χ3n) is 4.64. The topological polar surface area (TPSA) is 78.8 Å². The van der Waals surface area contributed by atoms with Crippen molar-refractivity contribution in [3.05, 3.63) is 59.8 Å².